The molecule has 1 heterocycles. The number of likely N-dealkylation sites (N-methyl/N-ethyl adjacent to an activating group) is 1. The number of benzene rings is 2. The van der Waals surface area contributed by atoms with Crippen LogP contribution in [0.25, 0.3) is 12.2 Å². The Bertz CT molecular complexity index is 1240. The van der Waals surface area contributed by atoms with Crippen LogP contribution in [0.4, 0.5) is 4.79 Å². The summed E-state index contributed by atoms with van der Waals surface area (Å²) in [6.45, 7) is 3.79. The molecule has 3 atom stereocenters. The molecule has 2 amide bonds. The Hall–Kier alpha value is -2.88. The van der Waals surface area contributed by atoms with E-state index in [9.17, 15) is 18.3 Å². The smallest absolute Gasteiger partial charge is 0.317 e. The van der Waals surface area contributed by atoms with Crippen molar-refractivity contribution >= 4 is 28.2 Å². The summed E-state index contributed by atoms with van der Waals surface area (Å²) in [5.74, 6) is 0.00774. The van der Waals surface area contributed by atoms with Gasteiger partial charge in [0.25, 0.3) is 0 Å². The normalized spacial score (nSPS) is 22.8. The van der Waals surface area contributed by atoms with E-state index in [1.807, 2.05) is 49.4 Å². The number of aliphatic hydroxyl groups excluding tert-OH is 1. The zero-order valence-electron chi connectivity index (χ0n) is 23.1. The largest absolute Gasteiger partial charge is 0.487 e. The number of nitrogens with zero attached hydrogens (tertiary/aromatic N) is 2. The van der Waals surface area contributed by atoms with E-state index in [1.165, 1.54) is 10.7 Å². The minimum atomic E-state index is -3.93. The zero-order chi connectivity index (χ0) is 28.0. The van der Waals surface area contributed by atoms with Crippen molar-refractivity contribution < 1.29 is 23.1 Å². The number of fused-ring (bicyclic) bond motifs is 1. The Morgan fingerprint density at radius 3 is 2.51 bits per heavy atom. The summed E-state index contributed by atoms with van der Waals surface area (Å²) in [6, 6.07) is 14.4. The van der Waals surface area contributed by atoms with E-state index in [4.69, 9.17) is 4.74 Å². The van der Waals surface area contributed by atoms with Crippen LogP contribution >= 0.6 is 0 Å². The average molecular weight is 556 g/mol. The molecule has 2 aromatic carbocycles. The minimum absolute atomic E-state index is 0.0610. The molecule has 0 aromatic heterocycles. The second-order valence-corrected chi connectivity index (χ2v) is 12.7. The molecule has 9 heteroatoms. The van der Waals surface area contributed by atoms with Crippen LogP contribution in [-0.2, 0) is 10.0 Å². The number of urea groups is 1. The highest BCUT2D eigenvalue weighted by atomic mass is 32.2. The number of rotatable bonds is 7. The standard InChI is InChI=1S/C30H41N3O5S/c1-22-19-33(23(2)21-34)39(36,37)29-17-16-25(15-14-24-10-6-4-7-11-24)18-27(29)38-28(22)20-32(3)30(35)31-26-12-8-5-9-13-26/h4,6-7,10-11,14-18,22-23,26,28,34H,5,8-9,12-13,19-21H2,1-3H3,(H,31,35)/t22-,23-,28-/m0/s1. The van der Waals surface area contributed by atoms with Crippen molar-refractivity contribution in [2.45, 2.75) is 69.0 Å². The Morgan fingerprint density at radius 2 is 1.82 bits per heavy atom. The lowest BCUT2D eigenvalue weighted by molar-refractivity contribution is 0.0806. The van der Waals surface area contributed by atoms with Crippen molar-refractivity contribution in [3.8, 4) is 5.75 Å². The summed E-state index contributed by atoms with van der Waals surface area (Å²) in [4.78, 5) is 14.7. The minimum Gasteiger partial charge on any atom is -0.487 e. The van der Waals surface area contributed by atoms with Crippen molar-refractivity contribution in [3.05, 3.63) is 59.7 Å². The lowest BCUT2D eigenvalue weighted by Crippen LogP contribution is -2.52. The number of hydrogen-bond donors (Lipinski definition) is 2. The van der Waals surface area contributed by atoms with Crippen molar-refractivity contribution in [1.29, 1.82) is 0 Å². The third-order valence-electron chi connectivity index (χ3n) is 7.69. The molecule has 0 bridgehead atoms. The number of hydrogen-bond acceptors (Lipinski definition) is 5. The predicted molar refractivity (Wildman–Crippen MR) is 154 cm³/mol. The highest BCUT2D eigenvalue weighted by Gasteiger charge is 2.38. The summed E-state index contributed by atoms with van der Waals surface area (Å²) in [6.07, 6.45) is 8.88. The van der Waals surface area contributed by atoms with Crippen molar-refractivity contribution in [2.24, 2.45) is 5.92 Å². The number of amides is 2. The molecule has 39 heavy (non-hydrogen) atoms. The van der Waals surface area contributed by atoms with Gasteiger partial charge in [0.2, 0.25) is 10.0 Å². The van der Waals surface area contributed by atoms with Crippen LogP contribution in [0.2, 0.25) is 0 Å². The highest BCUT2D eigenvalue weighted by molar-refractivity contribution is 7.89. The van der Waals surface area contributed by atoms with Gasteiger partial charge in [0.15, 0.2) is 0 Å². The number of carbonyl (C=O) groups excluding carboxylic acids is 1. The van der Waals surface area contributed by atoms with Crippen LogP contribution in [0.1, 0.15) is 57.1 Å². The molecule has 8 nitrogen and oxygen atoms in total. The molecular weight excluding hydrogens is 514 g/mol. The Morgan fingerprint density at radius 1 is 1.13 bits per heavy atom. The second kappa shape index (κ2) is 13.0. The van der Waals surface area contributed by atoms with E-state index >= 15 is 0 Å². The highest BCUT2D eigenvalue weighted by Crippen LogP contribution is 2.34. The number of carbonyl (C=O) groups is 1. The van der Waals surface area contributed by atoms with Crippen molar-refractivity contribution in [3.63, 3.8) is 0 Å². The molecule has 4 rings (SSSR count). The molecule has 0 unspecified atom stereocenters. The Labute approximate surface area is 232 Å². The summed E-state index contributed by atoms with van der Waals surface area (Å²) >= 11 is 0. The molecule has 2 aromatic rings. The number of nitrogens with one attached hydrogen (secondary N) is 1. The lowest BCUT2D eigenvalue weighted by atomic mass is 9.96. The molecule has 0 saturated heterocycles. The van der Waals surface area contributed by atoms with Gasteiger partial charge in [-0.1, -0.05) is 74.7 Å². The fourth-order valence-corrected chi connectivity index (χ4v) is 7.03. The van der Waals surface area contributed by atoms with E-state index in [-0.39, 0.29) is 41.8 Å². The maximum absolute atomic E-state index is 13.7. The molecule has 1 aliphatic carbocycles. The maximum Gasteiger partial charge on any atom is 0.317 e. The van der Waals surface area contributed by atoms with E-state index in [0.717, 1.165) is 36.8 Å². The molecule has 1 aliphatic heterocycles. The SMILES string of the molecule is C[C@H]1CN([C@@H](C)CO)S(=O)(=O)c2ccc(C=Cc3ccccc3)cc2O[C@H]1CN(C)C(=O)NC1CCCCC1. The van der Waals surface area contributed by atoms with Crippen LogP contribution in [0, 0.1) is 5.92 Å². The fourth-order valence-electron chi connectivity index (χ4n) is 5.20. The molecule has 1 fully saturated rings. The molecule has 2 aliphatic rings. The first-order valence-electron chi connectivity index (χ1n) is 13.9. The maximum atomic E-state index is 13.7. The number of sulfonamides is 1. The first-order chi connectivity index (χ1) is 18.7. The van der Waals surface area contributed by atoms with Crippen molar-refractivity contribution in [2.75, 3.05) is 26.7 Å². The molecule has 0 spiro atoms. The second-order valence-electron chi connectivity index (χ2n) is 10.9. The first kappa shape index (κ1) is 29.1. The average Bonchev–Trinajstić information content (AvgIpc) is 2.94. The molecule has 1 saturated carbocycles. The van der Waals surface area contributed by atoms with Gasteiger partial charge in [-0.25, -0.2) is 13.2 Å². The van der Waals surface area contributed by atoms with Crippen LogP contribution in [0.5, 0.6) is 5.75 Å². The topological polar surface area (TPSA) is 99.2 Å². The molecule has 212 valence electrons. The number of aliphatic hydroxyl groups is 1. The number of ether oxygens (including phenoxy) is 1. The van der Waals surface area contributed by atoms with Crippen LogP contribution in [0.15, 0.2) is 53.4 Å². The van der Waals surface area contributed by atoms with Gasteiger partial charge in [0.05, 0.1) is 13.2 Å². The van der Waals surface area contributed by atoms with Crippen LogP contribution < -0.4 is 10.1 Å². The summed E-state index contributed by atoms with van der Waals surface area (Å²) in [7, 11) is -2.18. The van der Waals surface area contributed by atoms with Gasteiger partial charge in [-0.15, -0.1) is 0 Å². The predicted octanol–water partition coefficient (Wildman–Crippen LogP) is 4.60. The Kier molecular flexibility index (Phi) is 9.69. The third-order valence-corrected chi connectivity index (χ3v) is 9.71. The Balaban J connectivity index is 1.62. The first-order valence-corrected chi connectivity index (χ1v) is 15.3. The summed E-state index contributed by atoms with van der Waals surface area (Å²) < 4.78 is 35.2. The van der Waals surface area contributed by atoms with Gasteiger partial charge in [-0.05, 0) is 43.0 Å². The van der Waals surface area contributed by atoms with E-state index in [2.05, 4.69) is 5.32 Å². The van der Waals surface area contributed by atoms with Crippen LogP contribution in [0.3, 0.4) is 0 Å². The monoisotopic (exact) mass is 555 g/mol. The summed E-state index contributed by atoms with van der Waals surface area (Å²) in [5.41, 5.74) is 1.82. The third kappa shape index (κ3) is 7.21. The van der Waals surface area contributed by atoms with Gasteiger partial charge < -0.3 is 20.1 Å². The molecular formula is C30H41N3O5S. The summed E-state index contributed by atoms with van der Waals surface area (Å²) in [5, 5.41) is 13.0. The zero-order valence-corrected chi connectivity index (χ0v) is 23.9. The van der Waals surface area contributed by atoms with Gasteiger partial charge in [-0.2, -0.15) is 4.31 Å². The fraction of sp³-hybridized carbons (Fsp3) is 0.500. The van der Waals surface area contributed by atoms with Crippen LogP contribution in [-0.4, -0.2) is 73.7 Å². The van der Waals surface area contributed by atoms with Gasteiger partial charge >= 0.3 is 6.03 Å². The van der Waals surface area contributed by atoms with Gasteiger partial charge in [0, 0.05) is 31.6 Å². The van der Waals surface area contributed by atoms with E-state index in [1.54, 1.807) is 37.1 Å². The van der Waals surface area contributed by atoms with E-state index in [0.29, 0.717) is 6.54 Å². The van der Waals surface area contributed by atoms with Gasteiger partial charge in [0.1, 0.15) is 16.7 Å². The molecule has 2 N–H and O–H groups in total. The van der Waals surface area contributed by atoms with Crippen molar-refractivity contribution in [1.82, 2.24) is 14.5 Å². The lowest BCUT2D eigenvalue weighted by Gasteiger charge is -2.37. The van der Waals surface area contributed by atoms with Gasteiger partial charge in [-0.3, -0.25) is 0 Å². The molecule has 0 radical (unpaired) electrons. The van der Waals surface area contributed by atoms with E-state index < -0.39 is 22.2 Å². The quantitative estimate of drug-likeness (QED) is 0.487.